The lowest BCUT2D eigenvalue weighted by molar-refractivity contribution is -0.154. The zero-order valence-corrected chi connectivity index (χ0v) is 24.6. The smallest absolute Gasteiger partial charge is 0.309 e. The predicted molar refractivity (Wildman–Crippen MR) is 158 cm³/mol. The van der Waals surface area contributed by atoms with Gasteiger partial charge in [0.15, 0.2) is 0 Å². The number of benzene rings is 1. The van der Waals surface area contributed by atoms with Gasteiger partial charge < -0.3 is 19.7 Å². The Balaban J connectivity index is 2.01. The van der Waals surface area contributed by atoms with Crippen molar-refractivity contribution in [2.45, 2.75) is 96.1 Å². The van der Waals surface area contributed by atoms with E-state index in [1.165, 1.54) is 0 Å². The van der Waals surface area contributed by atoms with E-state index in [1.807, 2.05) is 56.3 Å². The molecular weight excluding hydrogens is 540 g/mol. The van der Waals surface area contributed by atoms with Crippen molar-refractivity contribution in [2.75, 3.05) is 13.1 Å². The van der Waals surface area contributed by atoms with Crippen LogP contribution in [0, 0.1) is 17.8 Å². The molecule has 2 rings (SSSR count). The van der Waals surface area contributed by atoms with Crippen molar-refractivity contribution in [3.63, 3.8) is 0 Å². The Bertz CT molecular complexity index is 1070. The SMILES string of the molecule is CC(C)OC(=O)CCC/C=C\C[C@@H]1[C@@H](CC[C@H](CCc2ccccc2)OC(=O)C(CN=[N+]=[N-])CN=[N+]=[N-])[C@H](O)C[C@@H]1O. The molecule has 1 aromatic rings. The maximum Gasteiger partial charge on any atom is 0.309 e. The van der Waals surface area contributed by atoms with Crippen molar-refractivity contribution >= 4 is 11.9 Å². The van der Waals surface area contributed by atoms with Crippen LogP contribution < -0.4 is 0 Å². The Labute approximate surface area is 247 Å². The summed E-state index contributed by atoms with van der Waals surface area (Å²) >= 11 is 0. The van der Waals surface area contributed by atoms with Crippen molar-refractivity contribution in [3.05, 3.63) is 68.9 Å². The first-order valence-electron chi connectivity index (χ1n) is 14.7. The highest BCUT2D eigenvalue weighted by Gasteiger charge is 2.41. The summed E-state index contributed by atoms with van der Waals surface area (Å²) < 4.78 is 11.0. The van der Waals surface area contributed by atoms with Crippen LogP contribution in [-0.4, -0.2) is 59.7 Å². The maximum atomic E-state index is 13.0. The molecule has 230 valence electrons. The molecule has 12 nitrogen and oxygen atoms in total. The van der Waals surface area contributed by atoms with Crippen LogP contribution in [0.4, 0.5) is 0 Å². The molecule has 12 heteroatoms. The summed E-state index contributed by atoms with van der Waals surface area (Å²) in [5.74, 6) is -2.02. The van der Waals surface area contributed by atoms with Gasteiger partial charge in [-0.25, -0.2) is 0 Å². The number of unbranched alkanes of at least 4 members (excludes halogenated alkanes) is 1. The molecule has 0 amide bonds. The molecule has 0 aliphatic heterocycles. The van der Waals surface area contributed by atoms with E-state index >= 15 is 0 Å². The number of carbonyl (C=O) groups is 2. The fourth-order valence-electron chi connectivity index (χ4n) is 5.31. The summed E-state index contributed by atoms with van der Waals surface area (Å²) in [4.78, 5) is 30.0. The molecule has 1 aliphatic carbocycles. The molecule has 0 aromatic heterocycles. The van der Waals surface area contributed by atoms with Gasteiger partial charge in [-0.2, -0.15) is 0 Å². The molecule has 0 spiro atoms. The Hall–Kier alpha value is -3.56. The average molecular weight is 585 g/mol. The quantitative estimate of drug-likeness (QED) is 0.0502. The summed E-state index contributed by atoms with van der Waals surface area (Å²) in [6, 6.07) is 9.81. The lowest BCUT2D eigenvalue weighted by Gasteiger charge is -2.26. The molecule has 1 fully saturated rings. The van der Waals surface area contributed by atoms with Crippen LogP contribution >= 0.6 is 0 Å². The highest BCUT2D eigenvalue weighted by molar-refractivity contribution is 5.73. The van der Waals surface area contributed by atoms with Crippen LogP contribution in [-0.2, 0) is 25.5 Å². The predicted octanol–water partition coefficient (Wildman–Crippen LogP) is 5.97. The first kappa shape index (κ1) is 34.6. The van der Waals surface area contributed by atoms with Crippen molar-refractivity contribution in [2.24, 2.45) is 28.0 Å². The average Bonchev–Trinajstić information content (AvgIpc) is 3.23. The summed E-state index contributed by atoms with van der Waals surface area (Å²) in [7, 11) is 0. The minimum atomic E-state index is -0.889. The van der Waals surface area contributed by atoms with Crippen LogP contribution in [0.3, 0.4) is 0 Å². The van der Waals surface area contributed by atoms with E-state index in [0.29, 0.717) is 57.8 Å². The minimum Gasteiger partial charge on any atom is -0.463 e. The van der Waals surface area contributed by atoms with E-state index in [9.17, 15) is 19.8 Å². The number of aliphatic hydroxyl groups is 2. The molecule has 0 saturated heterocycles. The number of rotatable bonds is 19. The van der Waals surface area contributed by atoms with Gasteiger partial charge in [-0.3, -0.25) is 9.59 Å². The van der Waals surface area contributed by atoms with E-state index in [2.05, 4.69) is 20.1 Å². The molecule has 2 N–H and O–H groups in total. The fourth-order valence-corrected chi connectivity index (χ4v) is 5.31. The van der Waals surface area contributed by atoms with Crippen molar-refractivity contribution < 1.29 is 29.3 Å². The molecule has 0 radical (unpaired) electrons. The monoisotopic (exact) mass is 584 g/mol. The number of hydrogen-bond acceptors (Lipinski definition) is 8. The van der Waals surface area contributed by atoms with E-state index in [0.717, 1.165) is 5.56 Å². The molecule has 0 unspecified atom stereocenters. The first-order chi connectivity index (χ1) is 20.2. The molecule has 0 heterocycles. The maximum absolute atomic E-state index is 13.0. The van der Waals surface area contributed by atoms with Crippen molar-refractivity contribution in [3.8, 4) is 0 Å². The third-order valence-electron chi connectivity index (χ3n) is 7.48. The van der Waals surface area contributed by atoms with Crippen LogP contribution in [0.1, 0.15) is 70.8 Å². The number of carbonyl (C=O) groups excluding carboxylic acids is 2. The topological polar surface area (TPSA) is 191 Å². The molecule has 5 atom stereocenters. The number of ether oxygens (including phenoxy) is 2. The molecule has 1 saturated carbocycles. The highest BCUT2D eigenvalue weighted by atomic mass is 16.5. The highest BCUT2D eigenvalue weighted by Crippen LogP contribution is 2.39. The van der Waals surface area contributed by atoms with E-state index in [-0.39, 0.29) is 37.0 Å². The van der Waals surface area contributed by atoms with Crippen LogP contribution in [0.2, 0.25) is 0 Å². The molecular formula is C30H44N6O6. The van der Waals surface area contributed by atoms with Crippen LogP contribution in [0.15, 0.2) is 52.7 Å². The van der Waals surface area contributed by atoms with Crippen molar-refractivity contribution in [1.29, 1.82) is 0 Å². The van der Waals surface area contributed by atoms with Gasteiger partial charge in [-0.05, 0) is 93.7 Å². The van der Waals surface area contributed by atoms with E-state index in [1.54, 1.807) is 0 Å². The van der Waals surface area contributed by atoms with Gasteiger partial charge in [0.2, 0.25) is 0 Å². The summed E-state index contributed by atoms with van der Waals surface area (Å²) in [6.45, 7) is 3.28. The van der Waals surface area contributed by atoms with E-state index in [4.69, 9.17) is 20.5 Å². The second-order valence-electron chi connectivity index (χ2n) is 11.0. The number of azide groups is 2. The van der Waals surface area contributed by atoms with Gasteiger partial charge in [-0.1, -0.05) is 52.7 Å². The van der Waals surface area contributed by atoms with E-state index < -0.39 is 30.2 Å². The normalized spacial score (nSPS) is 21.4. The Morgan fingerprint density at radius 3 is 2.31 bits per heavy atom. The summed E-state index contributed by atoms with van der Waals surface area (Å²) in [6.07, 6.45) is 6.93. The Morgan fingerprint density at radius 2 is 1.67 bits per heavy atom. The minimum absolute atomic E-state index is 0.126. The molecule has 42 heavy (non-hydrogen) atoms. The standard InChI is InChI=1S/C30H44N6O6/c1-21(2)41-29(39)13-9-4-3-8-12-25-26(28(38)18-27(25)37)17-16-24(15-14-22-10-6-5-7-11-22)42-30(40)23(19-33-35-31)20-34-36-32/h3,5-8,10-11,21,23-28,37-38H,4,9,12-20H2,1-2H3/b8-3-/t24-,25+,26+,27-,28+/m0/s1. The Morgan fingerprint density at radius 1 is 1.00 bits per heavy atom. The van der Waals surface area contributed by atoms with Crippen LogP contribution in [0.25, 0.3) is 20.9 Å². The van der Waals surface area contributed by atoms with Gasteiger partial charge in [0, 0.05) is 29.3 Å². The summed E-state index contributed by atoms with van der Waals surface area (Å²) in [5.41, 5.74) is 18.5. The lowest BCUT2D eigenvalue weighted by atomic mass is 9.85. The number of nitrogens with zero attached hydrogens (tertiary/aromatic N) is 6. The van der Waals surface area contributed by atoms with Crippen molar-refractivity contribution in [1.82, 2.24) is 0 Å². The van der Waals surface area contributed by atoms with Gasteiger partial charge in [0.25, 0.3) is 0 Å². The number of esters is 2. The van der Waals surface area contributed by atoms with Gasteiger partial charge in [-0.15, -0.1) is 0 Å². The lowest BCUT2D eigenvalue weighted by Crippen LogP contribution is -2.30. The number of allylic oxidation sites excluding steroid dienone is 2. The molecule has 1 aliphatic rings. The number of aliphatic hydroxyl groups excluding tert-OH is 2. The van der Waals surface area contributed by atoms with Gasteiger partial charge in [0.05, 0.1) is 24.2 Å². The third kappa shape index (κ3) is 13.0. The zero-order valence-electron chi connectivity index (χ0n) is 24.6. The second kappa shape index (κ2) is 19.5. The third-order valence-corrected chi connectivity index (χ3v) is 7.48. The molecule has 1 aromatic carbocycles. The Kier molecular flexibility index (Phi) is 16.1. The van der Waals surface area contributed by atoms with Gasteiger partial charge >= 0.3 is 11.9 Å². The first-order valence-corrected chi connectivity index (χ1v) is 14.7. The zero-order chi connectivity index (χ0) is 30.7. The molecule has 0 bridgehead atoms. The van der Waals surface area contributed by atoms with Gasteiger partial charge in [0.1, 0.15) is 6.10 Å². The largest absolute Gasteiger partial charge is 0.463 e. The fraction of sp³-hybridized carbons (Fsp3) is 0.667. The van der Waals surface area contributed by atoms with Crippen LogP contribution in [0.5, 0.6) is 0 Å². The second-order valence-corrected chi connectivity index (χ2v) is 11.0. The number of hydrogen-bond donors (Lipinski definition) is 2. The summed E-state index contributed by atoms with van der Waals surface area (Å²) in [5, 5.41) is 28.3. The number of aryl methyl sites for hydroxylation is 1.